The van der Waals surface area contributed by atoms with E-state index in [0.717, 1.165) is 22.9 Å². The van der Waals surface area contributed by atoms with Crippen molar-refractivity contribution < 1.29 is 19.2 Å². The molecule has 0 aromatic heterocycles. The Morgan fingerprint density at radius 3 is 2.44 bits per heavy atom. The van der Waals surface area contributed by atoms with Gasteiger partial charge in [0.15, 0.2) is 12.6 Å². The van der Waals surface area contributed by atoms with Gasteiger partial charge in [-0.15, -0.1) is 0 Å². The molecule has 3 N–H and O–H groups in total. The smallest absolute Gasteiger partial charge is 0.279 e. The predicted molar refractivity (Wildman–Crippen MR) is 107 cm³/mol. The molecule has 27 heavy (non-hydrogen) atoms. The number of benzene rings is 1. The molecular formula is C21H34N3O3+. The Kier molecular flexibility index (Phi) is 8.58. The van der Waals surface area contributed by atoms with Gasteiger partial charge in [-0.05, 0) is 56.9 Å². The highest BCUT2D eigenvalue weighted by Gasteiger charge is 2.26. The third-order valence-electron chi connectivity index (χ3n) is 5.51. The van der Waals surface area contributed by atoms with Gasteiger partial charge in [0.25, 0.3) is 11.8 Å². The number of ether oxygens (including phenoxy) is 1. The van der Waals surface area contributed by atoms with Crippen LogP contribution in [0.1, 0.15) is 46.0 Å². The first-order chi connectivity index (χ1) is 13.0. The minimum atomic E-state index is -0.250. The maximum Gasteiger partial charge on any atom is 0.279 e. The second kappa shape index (κ2) is 10.9. The van der Waals surface area contributed by atoms with Crippen LogP contribution < -0.4 is 20.3 Å². The van der Waals surface area contributed by atoms with E-state index in [1.54, 1.807) is 19.2 Å². The van der Waals surface area contributed by atoms with Gasteiger partial charge >= 0.3 is 0 Å². The monoisotopic (exact) mass is 376 g/mol. The Labute approximate surface area is 162 Å². The fourth-order valence-electron chi connectivity index (χ4n) is 3.64. The minimum Gasteiger partial charge on any atom is -0.497 e. The van der Waals surface area contributed by atoms with E-state index in [1.165, 1.54) is 32.1 Å². The topological polar surface area (TPSA) is 71.9 Å². The standard InChI is InChI=1S/C21H33N3O3/c1-4-24(15-20(25)23-18-10-12-19(27-3)13-11-18)16(2)21(26)22-14-17-8-6-5-7-9-17/h10-13,16-17H,4-9,14-15H2,1-3H3,(H,22,26)(H,23,25)/p+1/t16-/m1/s1. The van der Waals surface area contributed by atoms with E-state index in [2.05, 4.69) is 10.6 Å². The van der Waals surface area contributed by atoms with Gasteiger partial charge in [0.2, 0.25) is 0 Å². The van der Waals surface area contributed by atoms with E-state index >= 15 is 0 Å². The average Bonchev–Trinajstić information content (AvgIpc) is 2.71. The highest BCUT2D eigenvalue weighted by Crippen LogP contribution is 2.22. The van der Waals surface area contributed by atoms with Gasteiger partial charge in [-0.2, -0.15) is 0 Å². The third kappa shape index (κ3) is 6.86. The number of anilines is 1. The summed E-state index contributed by atoms with van der Waals surface area (Å²) < 4.78 is 5.12. The van der Waals surface area contributed by atoms with Gasteiger partial charge in [-0.25, -0.2) is 0 Å². The highest BCUT2D eigenvalue weighted by atomic mass is 16.5. The molecule has 6 heteroatoms. The molecule has 1 aromatic carbocycles. The summed E-state index contributed by atoms with van der Waals surface area (Å²) in [6.07, 6.45) is 6.28. The molecule has 6 nitrogen and oxygen atoms in total. The Bertz CT molecular complexity index is 597. The van der Waals surface area contributed by atoms with Crippen molar-refractivity contribution in [3.05, 3.63) is 24.3 Å². The number of methoxy groups -OCH3 is 1. The van der Waals surface area contributed by atoms with E-state index in [0.29, 0.717) is 12.5 Å². The summed E-state index contributed by atoms with van der Waals surface area (Å²) in [5.41, 5.74) is 0.727. The lowest BCUT2D eigenvalue weighted by molar-refractivity contribution is -0.904. The molecule has 2 amide bonds. The summed E-state index contributed by atoms with van der Waals surface area (Å²) >= 11 is 0. The van der Waals surface area contributed by atoms with Crippen molar-refractivity contribution in [1.29, 1.82) is 0 Å². The van der Waals surface area contributed by atoms with Crippen molar-refractivity contribution in [3.63, 3.8) is 0 Å². The van der Waals surface area contributed by atoms with Crippen molar-refractivity contribution in [2.75, 3.05) is 32.1 Å². The van der Waals surface area contributed by atoms with Crippen molar-refractivity contribution in [3.8, 4) is 5.75 Å². The zero-order valence-electron chi connectivity index (χ0n) is 16.8. The van der Waals surface area contributed by atoms with E-state index < -0.39 is 0 Å². The quantitative estimate of drug-likeness (QED) is 0.613. The molecule has 1 unspecified atom stereocenters. The first-order valence-corrected chi connectivity index (χ1v) is 10.1. The minimum absolute atomic E-state index is 0.0367. The lowest BCUT2D eigenvalue weighted by atomic mass is 9.89. The molecule has 0 saturated heterocycles. The van der Waals surface area contributed by atoms with E-state index in [9.17, 15) is 9.59 Å². The van der Waals surface area contributed by atoms with E-state index in [-0.39, 0.29) is 24.4 Å². The zero-order chi connectivity index (χ0) is 19.6. The van der Waals surface area contributed by atoms with Gasteiger partial charge in [0.05, 0.1) is 13.7 Å². The number of hydrogen-bond donors (Lipinski definition) is 3. The Balaban J connectivity index is 1.80. The number of nitrogens with one attached hydrogen (secondary N) is 3. The van der Waals surface area contributed by atoms with Crippen molar-refractivity contribution >= 4 is 17.5 Å². The van der Waals surface area contributed by atoms with Crippen LogP contribution in [-0.4, -0.2) is 44.6 Å². The molecule has 1 fully saturated rings. The van der Waals surface area contributed by atoms with Crippen LogP contribution in [0.3, 0.4) is 0 Å². The van der Waals surface area contributed by atoms with Crippen LogP contribution in [0.5, 0.6) is 5.75 Å². The normalized spacial score (nSPS) is 17.0. The fraction of sp³-hybridized carbons (Fsp3) is 0.619. The summed E-state index contributed by atoms with van der Waals surface area (Å²) in [6.45, 7) is 5.64. The third-order valence-corrected chi connectivity index (χ3v) is 5.51. The van der Waals surface area contributed by atoms with Crippen LogP contribution >= 0.6 is 0 Å². The summed E-state index contributed by atoms with van der Waals surface area (Å²) in [5, 5.41) is 5.99. The summed E-state index contributed by atoms with van der Waals surface area (Å²) in [6, 6.07) is 6.98. The number of carbonyl (C=O) groups is 2. The largest absolute Gasteiger partial charge is 0.497 e. The molecule has 1 aliphatic rings. The Morgan fingerprint density at radius 2 is 1.85 bits per heavy atom. The number of likely N-dealkylation sites (N-methyl/N-ethyl adjacent to an activating group) is 1. The highest BCUT2D eigenvalue weighted by molar-refractivity contribution is 5.91. The zero-order valence-corrected chi connectivity index (χ0v) is 16.8. The molecule has 150 valence electrons. The number of carbonyl (C=O) groups excluding carboxylic acids is 2. The second-order valence-electron chi connectivity index (χ2n) is 7.44. The molecule has 0 radical (unpaired) electrons. The van der Waals surface area contributed by atoms with Gasteiger partial charge < -0.3 is 20.3 Å². The number of rotatable bonds is 9. The van der Waals surface area contributed by atoms with Gasteiger partial charge in [0, 0.05) is 12.2 Å². The molecule has 2 rings (SSSR count). The number of hydrogen-bond acceptors (Lipinski definition) is 3. The van der Waals surface area contributed by atoms with Crippen LogP contribution in [0.2, 0.25) is 0 Å². The van der Waals surface area contributed by atoms with Crippen molar-refractivity contribution in [1.82, 2.24) is 5.32 Å². The molecule has 0 aliphatic heterocycles. The summed E-state index contributed by atoms with van der Waals surface area (Å²) in [5.74, 6) is 1.30. The van der Waals surface area contributed by atoms with Crippen LogP contribution in [0.25, 0.3) is 0 Å². The summed E-state index contributed by atoms with van der Waals surface area (Å²) in [7, 11) is 1.61. The van der Waals surface area contributed by atoms with Gasteiger partial charge in [0.1, 0.15) is 5.75 Å². The molecule has 0 heterocycles. The Morgan fingerprint density at radius 1 is 1.19 bits per heavy atom. The van der Waals surface area contributed by atoms with Crippen LogP contribution in [-0.2, 0) is 9.59 Å². The molecular weight excluding hydrogens is 342 g/mol. The van der Waals surface area contributed by atoms with Crippen LogP contribution in [0, 0.1) is 5.92 Å². The number of quaternary nitrogens is 1. The SMILES string of the molecule is CC[NH+](CC(=O)Nc1ccc(OC)cc1)[C@H](C)C(=O)NCC1CCCCC1. The van der Waals surface area contributed by atoms with Gasteiger partial charge in [-0.1, -0.05) is 19.3 Å². The van der Waals surface area contributed by atoms with Crippen LogP contribution in [0.15, 0.2) is 24.3 Å². The predicted octanol–water partition coefficient (Wildman–Crippen LogP) is 1.62. The maximum absolute atomic E-state index is 12.5. The molecule has 0 spiro atoms. The van der Waals surface area contributed by atoms with Crippen molar-refractivity contribution in [2.45, 2.75) is 52.0 Å². The molecule has 1 saturated carbocycles. The number of amides is 2. The molecule has 0 bridgehead atoms. The summed E-state index contributed by atoms with van der Waals surface area (Å²) in [4.78, 5) is 25.9. The van der Waals surface area contributed by atoms with E-state index in [4.69, 9.17) is 4.74 Å². The van der Waals surface area contributed by atoms with E-state index in [1.807, 2.05) is 26.0 Å². The fourth-order valence-corrected chi connectivity index (χ4v) is 3.64. The first-order valence-electron chi connectivity index (χ1n) is 10.1. The lowest BCUT2D eigenvalue weighted by Gasteiger charge is -2.26. The first kappa shape index (κ1) is 21.2. The molecule has 1 aromatic rings. The second-order valence-corrected chi connectivity index (χ2v) is 7.44. The lowest BCUT2D eigenvalue weighted by Crippen LogP contribution is -3.17. The van der Waals surface area contributed by atoms with Crippen molar-refractivity contribution in [2.24, 2.45) is 5.92 Å². The molecule has 2 atom stereocenters. The van der Waals surface area contributed by atoms with Gasteiger partial charge in [-0.3, -0.25) is 9.59 Å². The Hall–Kier alpha value is -2.08. The average molecular weight is 377 g/mol. The molecule has 1 aliphatic carbocycles. The maximum atomic E-state index is 12.5. The van der Waals surface area contributed by atoms with Crippen LogP contribution in [0.4, 0.5) is 5.69 Å².